The second-order valence-electron chi connectivity index (χ2n) is 2.80. The smallest absolute Gasteiger partial charge is 0.492 e. The third kappa shape index (κ3) is 3.08. The Hall–Kier alpha value is -1.80. The van der Waals surface area contributed by atoms with Crippen LogP contribution in [0.4, 0.5) is 27.6 Å². The number of nitrogens with zero attached hydrogens (tertiary/aromatic N) is 1. The van der Waals surface area contributed by atoms with E-state index in [4.69, 9.17) is 5.73 Å². The normalized spacial score (nSPS) is 11.7. The Kier molecular flexibility index (Phi) is 3.59. The number of rotatable bonds is 3. The number of methoxy groups -OCH3 is 1. The number of nitrogens with two attached hydrogens (primary N) is 1. The number of halogens is 5. The number of anilines is 1. The molecule has 4 nitrogen and oxygen atoms in total. The summed E-state index contributed by atoms with van der Waals surface area (Å²) in [5.74, 6) is -1.53. The second kappa shape index (κ2) is 4.60. The summed E-state index contributed by atoms with van der Waals surface area (Å²) in [4.78, 5) is 3.11. The maximum absolute atomic E-state index is 12.4. The third-order valence-corrected chi connectivity index (χ3v) is 1.70. The van der Waals surface area contributed by atoms with Gasteiger partial charge in [-0.3, -0.25) is 0 Å². The van der Waals surface area contributed by atoms with E-state index in [1.165, 1.54) is 0 Å². The lowest BCUT2D eigenvalue weighted by Gasteiger charge is -2.14. The predicted octanol–water partition coefficient (Wildman–Crippen LogP) is 2.51. The summed E-state index contributed by atoms with van der Waals surface area (Å²) in [5, 5.41) is 0. The zero-order valence-electron chi connectivity index (χ0n) is 8.39. The van der Waals surface area contributed by atoms with E-state index < -0.39 is 35.7 Å². The lowest BCUT2D eigenvalue weighted by molar-refractivity contribution is -0.274. The van der Waals surface area contributed by atoms with Gasteiger partial charge >= 0.3 is 6.36 Å². The molecule has 0 radical (unpaired) electrons. The third-order valence-electron chi connectivity index (χ3n) is 1.70. The number of nitrogen functional groups attached to an aromatic ring is 1. The van der Waals surface area contributed by atoms with Crippen LogP contribution < -0.4 is 15.2 Å². The zero-order valence-corrected chi connectivity index (χ0v) is 8.39. The second-order valence-corrected chi connectivity index (χ2v) is 2.80. The molecule has 1 aromatic heterocycles. The van der Waals surface area contributed by atoms with E-state index in [2.05, 4.69) is 14.5 Å². The van der Waals surface area contributed by atoms with Crippen LogP contribution in [0.2, 0.25) is 0 Å². The molecule has 96 valence electrons. The molecule has 0 fully saturated rings. The Morgan fingerprint density at radius 1 is 1.35 bits per heavy atom. The molecule has 0 aliphatic rings. The molecule has 0 bridgehead atoms. The highest BCUT2D eigenvalue weighted by atomic mass is 19.4. The Morgan fingerprint density at radius 2 is 1.94 bits per heavy atom. The van der Waals surface area contributed by atoms with E-state index in [1.54, 1.807) is 0 Å². The van der Waals surface area contributed by atoms with Gasteiger partial charge in [0, 0.05) is 0 Å². The van der Waals surface area contributed by atoms with Crippen LogP contribution in [0.1, 0.15) is 12.1 Å². The van der Waals surface area contributed by atoms with E-state index in [-0.39, 0.29) is 0 Å². The summed E-state index contributed by atoms with van der Waals surface area (Å²) < 4.78 is 68.5. The number of aromatic nitrogens is 1. The molecule has 1 heterocycles. The first-order valence-electron chi connectivity index (χ1n) is 4.12. The summed E-state index contributed by atoms with van der Waals surface area (Å²) in [5.41, 5.74) is 3.68. The quantitative estimate of drug-likeness (QED) is 0.846. The number of hydrogen-bond acceptors (Lipinski definition) is 4. The molecule has 0 aliphatic heterocycles. The highest BCUT2D eigenvalue weighted by Gasteiger charge is 2.33. The largest absolute Gasteiger partial charge is 0.573 e. The van der Waals surface area contributed by atoms with Gasteiger partial charge in [0.2, 0.25) is 0 Å². The van der Waals surface area contributed by atoms with Crippen LogP contribution in [0.3, 0.4) is 0 Å². The molecule has 2 N–H and O–H groups in total. The Balaban J connectivity index is 3.20. The number of pyridine rings is 1. The molecule has 0 amide bonds. The van der Waals surface area contributed by atoms with Gasteiger partial charge in [-0.05, 0) is 0 Å². The fourth-order valence-corrected chi connectivity index (χ4v) is 1.08. The molecule has 9 heteroatoms. The van der Waals surface area contributed by atoms with Crippen LogP contribution in [-0.2, 0) is 0 Å². The number of hydrogen-bond donors (Lipinski definition) is 1. The minimum atomic E-state index is -4.99. The minimum absolute atomic E-state index is 0.465. The average molecular weight is 258 g/mol. The Bertz CT molecular complexity index is 408. The van der Waals surface area contributed by atoms with Gasteiger partial charge in [-0.2, -0.15) is 0 Å². The van der Waals surface area contributed by atoms with Crippen molar-refractivity contribution in [1.82, 2.24) is 4.98 Å². The first-order chi connectivity index (χ1) is 7.76. The summed E-state index contributed by atoms with van der Waals surface area (Å²) in [6.45, 7) is 0. The summed E-state index contributed by atoms with van der Waals surface area (Å²) in [6.07, 6.45) is -7.55. The van der Waals surface area contributed by atoms with Crippen molar-refractivity contribution in [3.8, 4) is 11.5 Å². The van der Waals surface area contributed by atoms with Gasteiger partial charge in [-0.15, -0.1) is 13.2 Å². The number of ether oxygens (including phenoxy) is 2. The molecule has 0 saturated carbocycles. The van der Waals surface area contributed by atoms with Gasteiger partial charge in [0.15, 0.2) is 17.2 Å². The van der Waals surface area contributed by atoms with Crippen molar-refractivity contribution in [2.24, 2.45) is 0 Å². The van der Waals surface area contributed by atoms with Crippen molar-refractivity contribution < 1.29 is 31.4 Å². The van der Waals surface area contributed by atoms with Crippen molar-refractivity contribution in [2.45, 2.75) is 12.8 Å². The molecule has 1 rings (SSSR count). The summed E-state index contributed by atoms with van der Waals surface area (Å²) >= 11 is 0. The van der Waals surface area contributed by atoms with Crippen LogP contribution >= 0.6 is 0 Å². The van der Waals surface area contributed by atoms with Crippen molar-refractivity contribution in [3.05, 3.63) is 11.9 Å². The van der Waals surface area contributed by atoms with E-state index in [0.717, 1.165) is 7.11 Å². The minimum Gasteiger partial charge on any atom is -0.492 e. The van der Waals surface area contributed by atoms with Gasteiger partial charge < -0.3 is 15.2 Å². The Labute approximate surface area is 92.1 Å². The average Bonchev–Trinajstić information content (AvgIpc) is 2.18. The summed E-state index contributed by atoms with van der Waals surface area (Å²) in [6, 6.07) is 0. The molecule has 0 aliphatic carbocycles. The maximum Gasteiger partial charge on any atom is 0.573 e. The summed E-state index contributed by atoms with van der Waals surface area (Å²) in [7, 11) is 0.983. The molecule has 0 spiro atoms. The van der Waals surface area contributed by atoms with Gasteiger partial charge in [-0.1, -0.05) is 0 Å². The molecular formula is C8H7F5N2O2. The van der Waals surface area contributed by atoms with Crippen molar-refractivity contribution in [1.29, 1.82) is 0 Å². The first-order valence-corrected chi connectivity index (χ1v) is 4.12. The van der Waals surface area contributed by atoms with Crippen LogP contribution in [-0.4, -0.2) is 18.5 Å². The zero-order chi connectivity index (χ0) is 13.2. The van der Waals surface area contributed by atoms with Gasteiger partial charge in [-0.25, -0.2) is 13.8 Å². The topological polar surface area (TPSA) is 57.4 Å². The molecule has 0 unspecified atom stereocenters. The van der Waals surface area contributed by atoms with Crippen LogP contribution in [0, 0.1) is 0 Å². The number of alkyl halides is 5. The van der Waals surface area contributed by atoms with E-state index in [1.807, 2.05) is 0 Å². The molecular weight excluding hydrogens is 251 g/mol. The van der Waals surface area contributed by atoms with E-state index >= 15 is 0 Å². The molecule has 17 heavy (non-hydrogen) atoms. The fourth-order valence-electron chi connectivity index (χ4n) is 1.08. The van der Waals surface area contributed by atoms with Crippen LogP contribution in [0.15, 0.2) is 6.20 Å². The lowest BCUT2D eigenvalue weighted by Crippen LogP contribution is -2.18. The fraction of sp³-hybridized carbons (Fsp3) is 0.375. The van der Waals surface area contributed by atoms with E-state index in [0.29, 0.717) is 6.20 Å². The van der Waals surface area contributed by atoms with Crippen LogP contribution in [0.25, 0.3) is 0 Å². The lowest BCUT2D eigenvalue weighted by atomic mass is 10.2. The van der Waals surface area contributed by atoms with E-state index in [9.17, 15) is 22.0 Å². The predicted molar refractivity (Wildman–Crippen MR) is 46.8 cm³/mol. The van der Waals surface area contributed by atoms with Gasteiger partial charge in [0.1, 0.15) is 5.69 Å². The highest BCUT2D eigenvalue weighted by Crippen LogP contribution is 2.39. The Morgan fingerprint density at radius 3 is 2.35 bits per heavy atom. The van der Waals surface area contributed by atoms with Crippen molar-refractivity contribution in [3.63, 3.8) is 0 Å². The first kappa shape index (κ1) is 13.3. The van der Waals surface area contributed by atoms with Crippen molar-refractivity contribution in [2.75, 3.05) is 12.8 Å². The monoisotopic (exact) mass is 258 g/mol. The molecule has 0 atom stereocenters. The highest BCUT2D eigenvalue weighted by molar-refractivity contribution is 5.63. The van der Waals surface area contributed by atoms with Crippen molar-refractivity contribution >= 4 is 5.69 Å². The standard InChI is InChI=1S/C8H7F5N2O2/c1-16-6-4(14)3(17-8(11,12)13)2-15-5(6)7(9)10/h2,7H,1H3,(H2,14,15). The molecule has 1 aromatic rings. The van der Waals surface area contributed by atoms with Gasteiger partial charge in [0.05, 0.1) is 13.3 Å². The maximum atomic E-state index is 12.4. The molecule has 0 saturated heterocycles. The van der Waals surface area contributed by atoms with Crippen LogP contribution in [0.5, 0.6) is 11.5 Å². The SMILES string of the molecule is COc1c(C(F)F)ncc(OC(F)(F)F)c1N. The molecule has 0 aromatic carbocycles. The van der Waals surface area contributed by atoms with Gasteiger partial charge in [0.25, 0.3) is 6.43 Å².